The Morgan fingerprint density at radius 3 is 2.19 bits per heavy atom. The van der Waals surface area contributed by atoms with E-state index in [2.05, 4.69) is 0 Å². The average molecular weight is 429 g/mol. The van der Waals surface area contributed by atoms with Gasteiger partial charge in [0.25, 0.3) is 0 Å². The van der Waals surface area contributed by atoms with Crippen LogP contribution in [-0.4, -0.2) is 49.8 Å². The number of methoxy groups -OCH3 is 3. The summed E-state index contributed by atoms with van der Waals surface area (Å²) in [5.74, 6) is 0.920. The van der Waals surface area contributed by atoms with E-state index in [-0.39, 0.29) is 23.2 Å². The topological polar surface area (TPSA) is 94.5 Å². The van der Waals surface area contributed by atoms with Crippen molar-refractivity contribution in [3.8, 4) is 28.7 Å². The van der Waals surface area contributed by atoms with Crippen LogP contribution in [0.5, 0.6) is 28.7 Å². The molecule has 31 heavy (non-hydrogen) atoms. The number of hydrogen-bond donors (Lipinski definition) is 1. The van der Waals surface area contributed by atoms with Crippen LogP contribution >= 0.6 is 0 Å². The minimum atomic E-state index is -0.495. The zero-order chi connectivity index (χ0) is 23.0. The number of rotatable bonds is 9. The number of benzene rings is 2. The number of carbonyl (C=O) groups is 2. The molecule has 0 bridgehead atoms. The van der Waals surface area contributed by atoms with Gasteiger partial charge < -0.3 is 29.0 Å². The lowest BCUT2D eigenvalue weighted by Gasteiger charge is -2.18. The highest BCUT2D eigenvalue weighted by atomic mass is 16.5. The molecule has 0 atom stereocenters. The Hall–Kier alpha value is -3.68. The Balaban J connectivity index is 2.21. The predicted molar refractivity (Wildman–Crippen MR) is 116 cm³/mol. The molecule has 0 spiro atoms. The van der Waals surface area contributed by atoms with Crippen LogP contribution in [0.2, 0.25) is 0 Å². The lowest BCUT2D eigenvalue weighted by Crippen LogP contribution is -2.25. The fraction of sp³-hybridized carbons (Fsp3) is 0.304. The van der Waals surface area contributed by atoms with E-state index in [1.807, 2.05) is 6.07 Å². The number of phenols is 1. The minimum absolute atomic E-state index is 0.0800. The summed E-state index contributed by atoms with van der Waals surface area (Å²) in [5.41, 5.74) is 1.39. The van der Waals surface area contributed by atoms with E-state index in [1.54, 1.807) is 38.6 Å². The number of aromatic hydroxyl groups is 1. The van der Waals surface area contributed by atoms with Crippen molar-refractivity contribution in [1.82, 2.24) is 4.90 Å². The van der Waals surface area contributed by atoms with Gasteiger partial charge in [-0.2, -0.15) is 0 Å². The first-order valence-corrected chi connectivity index (χ1v) is 9.54. The Morgan fingerprint density at radius 1 is 0.935 bits per heavy atom. The number of amides is 1. The SMILES string of the molecule is COc1cc(OC(C)=O)c(CCN(/C=C/c2ccc(OC)c(OC)c2)C(C)=O)cc1O. The van der Waals surface area contributed by atoms with Gasteiger partial charge in [-0.05, 0) is 36.3 Å². The highest BCUT2D eigenvalue weighted by molar-refractivity contribution is 5.75. The smallest absolute Gasteiger partial charge is 0.308 e. The van der Waals surface area contributed by atoms with Gasteiger partial charge in [0, 0.05) is 38.2 Å². The zero-order valence-corrected chi connectivity index (χ0v) is 18.3. The fourth-order valence-corrected chi connectivity index (χ4v) is 2.91. The van der Waals surface area contributed by atoms with Crippen molar-refractivity contribution in [2.45, 2.75) is 20.3 Å². The molecular weight excluding hydrogens is 402 g/mol. The van der Waals surface area contributed by atoms with Gasteiger partial charge in [-0.15, -0.1) is 0 Å². The lowest BCUT2D eigenvalue weighted by molar-refractivity contribution is -0.132. The Kier molecular flexibility index (Phi) is 8.31. The molecule has 0 aliphatic carbocycles. The summed E-state index contributed by atoms with van der Waals surface area (Å²) in [5, 5.41) is 10.1. The number of hydrogen-bond acceptors (Lipinski definition) is 7. The van der Waals surface area contributed by atoms with Crippen LogP contribution < -0.4 is 18.9 Å². The normalized spacial score (nSPS) is 10.6. The van der Waals surface area contributed by atoms with E-state index in [0.717, 1.165) is 5.56 Å². The maximum atomic E-state index is 12.1. The van der Waals surface area contributed by atoms with Gasteiger partial charge >= 0.3 is 5.97 Å². The van der Waals surface area contributed by atoms with Gasteiger partial charge in [0.2, 0.25) is 5.91 Å². The van der Waals surface area contributed by atoms with Crippen molar-refractivity contribution in [1.29, 1.82) is 0 Å². The van der Waals surface area contributed by atoms with Gasteiger partial charge in [-0.3, -0.25) is 9.59 Å². The number of nitrogens with zero attached hydrogens (tertiary/aromatic N) is 1. The molecule has 0 unspecified atom stereocenters. The number of phenolic OH excluding ortho intramolecular Hbond substituents is 1. The first kappa shape index (κ1) is 23.6. The van der Waals surface area contributed by atoms with Crippen LogP contribution in [0.1, 0.15) is 25.0 Å². The molecule has 0 heterocycles. The molecule has 0 fully saturated rings. The lowest BCUT2D eigenvalue weighted by atomic mass is 10.1. The largest absolute Gasteiger partial charge is 0.504 e. The van der Waals surface area contributed by atoms with E-state index < -0.39 is 5.97 Å². The molecule has 0 radical (unpaired) electrons. The highest BCUT2D eigenvalue weighted by Crippen LogP contribution is 2.34. The van der Waals surface area contributed by atoms with E-state index in [0.29, 0.717) is 30.0 Å². The molecule has 0 aromatic heterocycles. The molecule has 166 valence electrons. The van der Waals surface area contributed by atoms with Gasteiger partial charge in [0.15, 0.2) is 23.0 Å². The molecule has 8 nitrogen and oxygen atoms in total. The first-order chi connectivity index (χ1) is 14.8. The molecule has 2 aromatic carbocycles. The summed E-state index contributed by atoms with van der Waals surface area (Å²) in [6.45, 7) is 3.05. The van der Waals surface area contributed by atoms with Crippen LogP contribution in [0.4, 0.5) is 0 Å². The summed E-state index contributed by atoms with van der Waals surface area (Å²) in [6, 6.07) is 8.34. The third-order valence-corrected chi connectivity index (χ3v) is 4.50. The number of ether oxygens (including phenoxy) is 4. The summed E-state index contributed by atoms with van der Waals surface area (Å²) >= 11 is 0. The fourth-order valence-electron chi connectivity index (χ4n) is 2.91. The first-order valence-electron chi connectivity index (χ1n) is 9.54. The average Bonchev–Trinajstić information content (AvgIpc) is 2.74. The number of esters is 1. The summed E-state index contributed by atoms with van der Waals surface area (Å²) in [7, 11) is 4.52. The maximum Gasteiger partial charge on any atom is 0.308 e. The second-order valence-electron chi connectivity index (χ2n) is 6.62. The van der Waals surface area contributed by atoms with Crippen molar-refractivity contribution in [3.05, 3.63) is 47.7 Å². The van der Waals surface area contributed by atoms with Crippen molar-refractivity contribution in [3.63, 3.8) is 0 Å². The molecule has 1 amide bonds. The van der Waals surface area contributed by atoms with Crippen molar-refractivity contribution in [2.24, 2.45) is 0 Å². The van der Waals surface area contributed by atoms with Gasteiger partial charge in [-0.25, -0.2) is 0 Å². The van der Waals surface area contributed by atoms with Crippen LogP contribution in [0.15, 0.2) is 36.5 Å². The van der Waals surface area contributed by atoms with Crippen molar-refractivity contribution in [2.75, 3.05) is 27.9 Å². The second kappa shape index (κ2) is 10.9. The third kappa shape index (κ3) is 6.40. The molecule has 0 saturated carbocycles. The standard InChI is InChI=1S/C23H27NO7/c1-15(25)24(10-8-17-6-7-20(28-3)23(12-17)30-5)11-9-18-13-19(27)22(29-4)14-21(18)31-16(2)26/h6-8,10,12-14,27H,9,11H2,1-5H3/b10-8+. The molecule has 0 saturated heterocycles. The molecule has 1 N–H and O–H groups in total. The molecule has 0 aliphatic rings. The Morgan fingerprint density at radius 2 is 1.61 bits per heavy atom. The Bertz CT molecular complexity index is 969. The molecule has 2 aromatic rings. The molecule has 2 rings (SSSR count). The maximum absolute atomic E-state index is 12.1. The number of carbonyl (C=O) groups excluding carboxylic acids is 2. The van der Waals surface area contributed by atoms with Gasteiger partial charge in [-0.1, -0.05) is 6.07 Å². The van der Waals surface area contributed by atoms with Crippen LogP contribution in [-0.2, 0) is 16.0 Å². The quantitative estimate of drug-likeness (QED) is 0.482. The molecular formula is C23H27NO7. The van der Waals surface area contributed by atoms with E-state index >= 15 is 0 Å². The summed E-state index contributed by atoms with van der Waals surface area (Å²) in [4.78, 5) is 25.1. The van der Waals surface area contributed by atoms with E-state index in [9.17, 15) is 14.7 Å². The molecule has 8 heteroatoms. The zero-order valence-electron chi connectivity index (χ0n) is 18.3. The van der Waals surface area contributed by atoms with Crippen LogP contribution in [0, 0.1) is 0 Å². The summed E-state index contributed by atoms with van der Waals surface area (Å²) < 4.78 is 20.8. The summed E-state index contributed by atoms with van der Waals surface area (Å²) in [6.07, 6.45) is 3.79. The predicted octanol–water partition coefficient (Wildman–Crippen LogP) is 3.41. The van der Waals surface area contributed by atoms with Gasteiger partial charge in [0.05, 0.1) is 21.3 Å². The van der Waals surface area contributed by atoms with Crippen molar-refractivity contribution >= 4 is 18.0 Å². The van der Waals surface area contributed by atoms with E-state index in [4.69, 9.17) is 18.9 Å². The monoisotopic (exact) mass is 429 g/mol. The molecule has 0 aliphatic heterocycles. The van der Waals surface area contributed by atoms with E-state index in [1.165, 1.54) is 38.0 Å². The second-order valence-corrected chi connectivity index (χ2v) is 6.62. The minimum Gasteiger partial charge on any atom is -0.504 e. The van der Waals surface area contributed by atoms with Crippen LogP contribution in [0.3, 0.4) is 0 Å². The highest BCUT2D eigenvalue weighted by Gasteiger charge is 2.15. The third-order valence-electron chi connectivity index (χ3n) is 4.50. The van der Waals surface area contributed by atoms with Gasteiger partial charge in [0.1, 0.15) is 5.75 Å². The Labute approximate surface area is 181 Å². The van der Waals surface area contributed by atoms with Crippen molar-refractivity contribution < 1.29 is 33.6 Å². The van der Waals surface area contributed by atoms with Crippen LogP contribution in [0.25, 0.3) is 6.08 Å².